The van der Waals surface area contributed by atoms with Gasteiger partial charge in [-0.1, -0.05) is 6.92 Å². The van der Waals surface area contributed by atoms with Crippen molar-refractivity contribution < 1.29 is 9.53 Å². The molecule has 1 amide bonds. The molecule has 1 rings (SSSR count). The zero-order valence-electron chi connectivity index (χ0n) is 8.17. The van der Waals surface area contributed by atoms with Crippen LogP contribution in [0.2, 0.25) is 0 Å². The molecule has 0 bridgehead atoms. The van der Waals surface area contributed by atoms with E-state index in [1.807, 2.05) is 0 Å². The zero-order chi connectivity index (χ0) is 9.68. The SMILES string of the molecule is COC(=O)N/N=C1/CCCC(C)C1. The smallest absolute Gasteiger partial charge is 0.427 e. The lowest BCUT2D eigenvalue weighted by atomic mass is 9.89. The molecule has 0 aromatic heterocycles. The number of hydrogen-bond acceptors (Lipinski definition) is 3. The molecule has 0 aromatic rings. The van der Waals surface area contributed by atoms with Crippen molar-refractivity contribution in [2.24, 2.45) is 11.0 Å². The van der Waals surface area contributed by atoms with Gasteiger partial charge < -0.3 is 4.74 Å². The predicted octanol–water partition coefficient (Wildman–Crippen LogP) is 1.91. The lowest BCUT2D eigenvalue weighted by molar-refractivity contribution is 0.171. The highest BCUT2D eigenvalue weighted by Crippen LogP contribution is 2.20. The Kier molecular flexibility index (Phi) is 3.73. The first kappa shape index (κ1) is 10.0. The van der Waals surface area contributed by atoms with Crippen LogP contribution in [0.1, 0.15) is 32.6 Å². The van der Waals surface area contributed by atoms with Crippen molar-refractivity contribution in [2.45, 2.75) is 32.6 Å². The van der Waals surface area contributed by atoms with Gasteiger partial charge in [0.1, 0.15) is 0 Å². The third kappa shape index (κ3) is 3.44. The molecule has 1 N–H and O–H groups in total. The molecule has 74 valence electrons. The second-order valence-electron chi connectivity index (χ2n) is 3.48. The summed E-state index contributed by atoms with van der Waals surface area (Å²) in [6.07, 6.45) is 3.92. The molecule has 1 atom stereocenters. The van der Waals surface area contributed by atoms with Gasteiger partial charge >= 0.3 is 6.09 Å². The van der Waals surface area contributed by atoms with Crippen LogP contribution in [-0.2, 0) is 4.74 Å². The summed E-state index contributed by atoms with van der Waals surface area (Å²) in [4.78, 5) is 10.7. The number of nitrogens with zero attached hydrogens (tertiary/aromatic N) is 1. The fraction of sp³-hybridized carbons (Fsp3) is 0.778. The van der Waals surface area contributed by atoms with Crippen molar-refractivity contribution in [2.75, 3.05) is 7.11 Å². The Balaban J connectivity index is 2.37. The first-order valence-corrected chi connectivity index (χ1v) is 4.61. The number of ether oxygens (including phenoxy) is 1. The predicted molar refractivity (Wildman–Crippen MR) is 50.6 cm³/mol. The first-order valence-electron chi connectivity index (χ1n) is 4.61. The largest absolute Gasteiger partial charge is 0.452 e. The van der Waals surface area contributed by atoms with Gasteiger partial charge in [-0.2, -0.15) is 5.10 Å². The molecule has 0 heterocycles. The summed E-state index contributed by atoms with van der Waals surface area (Å²) in [6.45, 7) is 2.20. The minimum atomic E-state index is -0.495. The van der Waals surface area contributed by atoms with Crippen LogP contribution in [0.3, 0.4) is 0 Å². The number of carbonyl (C=O) groups is 1. The molecule has 1 aliphatic rings. The highest BCUT2D eigenvalue weighted by Gasteiger charge is 2.14. The van der Waals surface area contributed by atoms with Crippen LogP contribution in [0.15, 0.2) is 5.10 Å². The van der Waals surface area contributed by atoms with E-state index in [1.54, 1.807) is 0 Å². The lowest BCUT2D eigenvalue weighted by Gasteiger charge is -2.18. The summed E-state index contributed by atoms with van der Waals surface area (Å²) in [5.74, 6) is 0.687. The fourth-order valence-electron chi connectivity index (χ4n) is 1.53. The van der Waals surface area contributed by atoms with E-state index in [1.165, 1.54) is 20.0 Å². The first-order chi connectivity index (χ1) is 6.22. The third-order valence-corrected chi connectivity index (χ3v) is 2.24. The maximum Gasteiger partial charge on any atom is 0.427 e. The van der Waals surface area contributed by atoms with Crippen LogP contribution >= 0.6 is 0 Å². The summed E-state index contributed by atoms with van der Waals surface area (Å²) in [5, 5.41) is 4.00. The standard InChI is InChI=1S/C9H16N2O2/c1-7-4-3-5-8(6-7)10-11-9(12)13-2/h7H,3-6H2,1-2H3,(H,11,12)/b10-8-. The van der Waals surface area contributed by atoms with Crippen LogP contribution in [0, 0.1) is 5.92 Å². The topological polar surface area (TPSA) is 50.7 Å². The monoisotopic (exact) mass is 184 g/mol. The van der Waals surface area contributed by atoms with Gasteiger partial charge in [0.15, 0.2) is 0 Å². The Hall–Kier alpha value is -1.06. The van der Waals surface area contributed by atoms with Crippen molar-refractivity contribution in [1.29, 1.82) is 0 Å². The maximum atomic E-state index is 10.7. The second-order valence-corrected chi connectivity index (χ2v) is 3.48. The summed E-state index contributed by atoms with van der Waals surface area (Å²) < 4.78 is 4.41. The van der Waals surface area contributed by atoms with Crippen LogP contribution < -0.4 is 5.43 Å². The quantitative estimate of drug-likeness (QED) is 0.633. The van der Waals surface area contributed by atoms with E-state index in [-0.39, 0.29) is 0 Å². The number of methoxy groups -OCH3 is 1. The molecule has 0 radical (unpaired) electrons. The number of rotatable bonds is 1. The molecule has 4 nitrogen and oxygen atoms in total. The highest BCUT2D eigenvalue weighted by molar-refractivity contribution is 5.86. The number of hydrazone groups is 1. The molecule has 1 fully saturated rings. The van der Waals surface area contributed by atoms with Gasteiger partial charge in [-0.05, 0) is 31.6 Å². The number of nitrogens with one attached hydrogen (secondary N) is 1. The van der Waals surface area contributed by atoms with Crippen LogP contribution in [0.4, 0.5) is 4.79 Å². The van der Waals surface area contributed by atoms with E-state index >= 15 is 0 Å². The van der Waals surface area contributed by atoms with E-state index in [9.17, 15) is 4.79 Å². The van der Waals surface area contributed by atoms with Crippen LogP contribution in [-0.4, -0.2) is 18.9 Å². The second kappa shape index (κ2) is 4.84. The molecule has 1 unspecified atom stereocenters. The van der Waals surface area contributed by atoms with E-state index < -0.39 is 6.09 Å². The van der Waals surface area contributed by atoms with Crippen molar-refractivity contribution in [1.82, 2.24) is 5.43 Å². The van der Waals surface area contributed by atoms with Gasteiger partial charge in [0.2, 0.25) is 0 Å². The molecular formula is C9H16N2O2. The Labute approximate surface area is 78.3 Å². The average Bonchev–Trinajstić information content (AvgIpc) is 2.14. The van der Waals surface area contributed by atoms with Crippen molar-refractivity contribution in [3.63, 3.8) is 0 Å². The van der Waals surface area contributed by atoms with Crippen molar-refractivity contribution >= 4 is 11.8 Å². The summed E-state index contributed by atoms with van der Waals surface area (Å²) in [7, 11) is 1.33. The lowest BCUT2D eigenvalue weighted by Crippen LogP contribution is -2.21. The van der Waals surface area contributed by atoms with Gasteiger partial charge in [0.25, 0.3) is 0 Å². The molecular weight excluding hydrogens is 168 g/mol. The summed E-state index contributed by atoms with van der Waals surface area (Å²) >= 11 is 0. The molecule has 4 heteroatoms. The van der Waals surface area contributed by atoms with E-state index in [2.05, 4.69) is 22.2 Å². The molecule has 1 aliphatic carbocycles. The molecule has 0 aromatic carbocycles. The number of hydrogen-bond donors (Lipinski definition) is 1. The van der Waals surface area contributed by atoms with Gasteiger partial charge in [-0.3, -0.25) is 0 Å². The summed E-state index contributed by atoms with van der Waals surface area (Å²) in [5.41, 5.74) is 3.42. The van der Waals surface area contributed by atoms with Crippen LogP contribution in [0.5, 0.6) is 0 Å². The van der Waals surface area contributed by atoms with Crippen molar-refractivity contribution in [3.05, 3.63) is 0 Å². The molecule has 1 saturated carbocycles. The van der Waals surface area contributed by atoms with Crippen molar-refractivity contribution in [3.8, 4) is 0 Å². The number of carbonyl (C=O) groups excluding carboxylic acids is 1. The van der Waals surface area contributed by atoms with Gasteiger partial charge in [0, 0.05) is 5.71 Å². The minimum Gasteiger partial charge on any atom is -0.452 e. The third-order valence-electron chi connectivity index (χ3n) is 2.24. The van der Waals surface area contributed by atoms with E-state index in [4.69, 9.17) is 0 Å². The Morgan fingerprint density at radius 1 is 1.69 bits per heavy atom. The molecule has 0 spiro atoms. The molecule has 13 heavy (non-hydrogen) atoms. The number of amides is 1. The van der Waals surface area contributed by atoms with Gasteiger partial charge in [0.05, 0.1) is 7.11 Å². The highest BCUT2D eigenvalue weighted by atomic mass is 16.5. The van der Waals surface area contributed by atoms with E-state index in [0.717, 1.165) is 18.6 Å². The van der Waals surface area contributed by atoms with Gasteiger partial charge in [-0.25, -0.2) is 10.2 Å². The molecule has 0 aliphatic heterocycles. The summed E-state index contributed by atoms with van der Waals surface area (Å²) in [6, 6.07) is 0. The van der Waals surface area contributed by atoms with E-state index in [0.29, 0.717) is 5.92 Å². The minimum absolute atomic E-state index is 0.495. The molecule has 0 saturated heterocycles. The fourth-order valence-corrected chi connectivity index (χ4v) is 1.53. The van der Waals surface area contributed by atoms with Crippen LogP contribution in [0.25, 0.3) is 0 Å². The maximum absolute atomic E-state index is 10.7. The average molecular weight is 184 g/mol. The zero-order valence-corrected chi connectivity index (χ0v) is 8.17. The Bertz CT molecular complexity index is 214. The Morgan fingerprint density at radius 2 is 2.46 bits per heavy atom. The normalized spacial score (nSPS) is 25.7. The van der Waals surface area contributed by atoms with Gasteiger partial charge in [-0.15, -0.1) is 0 Å². The Morgan fingerprint density at radius 3 is 3.08 bits per heavy atom.